The van der Waals surface area contributed by atoms with Crippen molar-refractivity contribution in [2.45, 2.75) is 25.2 Å². The fourth-order valence-corrected chi connectivity index (χ4v) is 4.90. The van der Waals surface area contributed by atoms with Gasteiger partial charge < -0.3 is 15.4 Å². The first kappa shape index (κ1) is 25.2. The number of hydrogen-bond acceptors (Lipinski definition) is 5. The molecular formula is C29H24FN3O4S. The molecule has 1 saturated heterocycles. The Morgan fingerprint density at radius 1 is 0.921 bits per heavy atom. The molecule has 1 aliphatic rings. The minimum atomic E-state index is -0.987. The number of anilines is 1. The number of nitrogens with zero attached hydrogens (tertiary/aromatic N) is 1. The number of amides is 3. The monoisotopic (exact) mass is 529 g/mol. The zero-order chi connectivity index (χ0) is 26.5. The highest BCUT2D eigenvalue weighted by atomic mass is 32.1. The Morgan fingerprint density at radius 3 is 2.45 bits per heavy atom. The number of thiophene rings is 1. The lowest BCUT2D eigenvalue weighted by atomic mass is 10.00. The quantitative estimate of drug-likeness (QED) is 0.315. The second-order valence-corrected chi connectivity index (χ2v) is 9.71. The summed E-state index contributed by atoms with van der Waals surface area (Å²) in [5.74, 6) is -1.04. The Morgan fingerprint density at radius 2 is 1.71 bits per heavy atom. The van der Waals surface area contributed by atoms with E-state index in [-0.39, 0.29) is 24.9 Å². The third-order valence-corrected chi connectivity index (χ3v) is 7.02. The predicted octanol–water partition coefficient (Wildman–Crippen LogP) is 5.52. The molecule has 4 aromatic rings. The van der Waals surface area contributed by atoms with E-state index in [2.05, 4.69) is 10.6 Å². The van der Waals surface area contributed by atoms with Gasteiger partial charge in [0.15, 0.2) is 12.1 Å². The van der Waals surface area contributed by atoms with Gasteiger partial charge in [0.05, 0.1) is 11.4 Å². The normalized spacial score (nSPS) is 16.7. The van der Waals surface area contributed by atoms with Gasteiger partial charge in [0.1, 0.15) is 5.82 Å². The van der Waals surface area contributed by atoms with Crippen LogP contribution in [0.4, 0.5) is 14.9 Å². The summed E-state index contributed by atoms with van der Waals surface area (Å²) in [6.07, 6.45) is -1.58. The predicted molar refractivity (Wildman–Crippen MR) is 142 cm³/mol. The lowest BCUT2D eigenvalue weighted by Crippen LogP contribution is -2.46. The second kappa shape index (κ2) is 11.3. The van der Waals surface area contributed by atoms with E-state index in [9.17, 15) is 18.8 Å². The van der Waals surface area contributed by atoms with Crippen molar-refractivity contribution in [3.63, 3.8) is 0 Å². The average molecular weight is 530 g/mol. The van der Waals surface area contributed by atoms with E-state index in [0.29, 0.717) is 21.7 Å². The van der Waals surface area contributed by atoms with Crippen molar-refractivity contribution < 1.29 is 23.5 Å². The lowest BCUT2D eigenvalue weighted by molar-refractivity contribution is -0.126. The number of nitrogens with one attached hydrogen (secondary N) is 2. The average Bonchev–Trinajstić information content (AvgIpc) is 3.58. The van der Waals surface area contributed by atoms with Gasteiger partial charge in [-0.05, 0) is 52.4 Å². The van der Waals surface area contributed by atoms with Crippen LogP contribution in [-0.4, -0.2) is 28.8 Å². The van der Waals surface area contributed by atoms with Crippen LogP contribution < -0.4 is 10.6 Å². The number of cyclic esters (lactones) is 1. The molecule has 0 aliphatic carbocycles. The number of hydrogen-bond donors (Lipinski definition) is 2. The van der Waals surface area contributed by atoms with Crippen molar-refractivity contribution >= 4 is 34.9 Å². The van der Waals surface area contributed by atoms with Gasteiger partial charge in [-0.2, -0.15) is 0 Å². The van der Waals surface area contributed by atoms with Crippen LogP contribution in [0.5, 0.6) is 0 Å². The van der Waals surface area contributed by atoms with E-state index in [1.807, 2.05) is 35.7 Å². The third-order valence-electron chi connectivity index (χ3n) is 6.15. The fraction of sp³-hybridized carbons (Fsp3) is 0.138. The van der Waals surface area contributed by atoms with E-state index in [0.717, 1.165) is 5.56 Å². The smallest absolute Gasteiger partial charge is 0.411 e. The molecule has 192 valence electrons. The lowest BCUT2D eigenvalue weighted by Gasteiger charge is -2.24. The summed E-state index contributed by atoms with van der Waals surface area (Å²) in [4.78, 5) is 41.0. The Kier molecular flexibility index (Phi) is 7.46. The van der Waals surface area contributed by atoms with E-state index < -0.39 is 24.1 Å². The first-order valence-electron chi connectivity index (χ1n) is 12.0. The summed E-state index contributed by atoms with van der Waals surface area (Å²) >= 11 is 1.33. The largest absolute Gasteiger partial charge is 0.438 e. The number of rotatable bonds is 8. The summed E-state index contributed by atoms with van der Waals surface area (Å²) in [6, 6.07) is 24.6. The SMILES string of the molecule is O=C(Nc1cccc([C@@H]2OC(=O)N(Cc3ccc(F)cc3)[C@@H]2C(=O)NCc2ccccc2)c1)c1cccs1. The highest BCUT2D eigenvalue weighted by molar-refractivity contribution is 7.12. The number of ether oxygens (including phenoxy) is 1. The summed E-state index contributed by atoms with van der Waals surface area (Å²) in [5.41, 5.74) is 2.63. The van der Waals surface area contributed by atoms with Crippen LogP contribution >= 0.6 is 11.3 Å². The molecule has 1 fully saturated rings. The van der Waals surface area contributed by atoms with Crippen LogP contribution in [-0.2, 0) is 22.6 Å². The van der Waals surface area contributed by atoms with E-state index in [1.165, 1.54) is 28.4 Å². The van der Waals surface area contributed by atoms with Gasteiger partial charge in [-0.1, -0.05) is 60.7 Å². The third kappa shape index (κ3) is 5.73. The van der Waals surface area contributed by atoms with Crippen molar-refractivity contribution in [2.24, 2.45) is 0 Å². The Bertz CT molecular complexity index is 1430. The van der Waals surface area contributed by atoms with E-state index >= 15 is 0 Å². The maximum absolute atomic E-state index is 13.5. The van der Waals surface area contributed by atoms with Crippen LogP contribution in [0.1, 0.15) is 32.5 Å². The van der Waals surface area contributed by atoms with Gasteiger partial charge >= 0.3 is 6.09 Å². The maximum atomic E-state index is 13.5. The molecule has 0 spiro atoms. The summed E-state index contributed by atoms with van der Waals surface area (Å²) in [7, 11) is 0. The van der Waals surface area contributed by atoms with Gasteiger partial charge in [-0.15, -0.1) is 11.3 Å². The van der Waals surface area contributed by atoms with Crippen molar-refractivity contribution in [1.82, 2.24) is 10.2 Å². The molecule has 1 aromatic heterocycles. The molecule has 2 heterocycles. The number of carbonyl (C=O) groups is 3. The molecule has 0 bridgehead atoms. The van der Waals surface area contributed by atoms with Gasteiger partial charge in [0, 0.05) is 12.2 Å². The highest BCUT2D eigenvalue weighted by Crippen LogP contribution is 2.35. The maximum Gasteiger partial charge on any atom is 0.411 e. The second-order valence-electron chi connectivity index (χ2n) is 8.76. The number of halogens is 1. The molecule has 38 heavy (non-hydrogen) atoms. The minimum Gasteiger partial charge on any atom is -0.438 e. The molecule has 9 heteroatoms. The highest BCUT2D eigenvalue weighted by Gasteiger charge is 2.47. The Hall–Kier alpha value is -4.50. The summed E-state index contributed by atoms with van der Waals surface area (Å²) in [6.45, 7) is 0.340. The van der Waals surface area contributed by atoms with Crippen LogP contribution in [0.3, 0.4) is 0 Å². The number of benzene rings is 3. The Balaban J connectivity index is 1.41. The molecule has 0 saturated carbocycles. The minimum absolute atomic E-state index is 0.0633. The van der Waals surface area contributed by atoms with Gasteiger partial charge in [0.25, 0.3) is 5.91 Å². The standard InChI is InChI=1S/C29H24FN3O4S/c30-22-13-11-20(12-14-22)18-33-25(28(35)31-17-19-6-2-1-3-7-19)26(37-29(33)36)21-8-4-9-23(16-21)32-27(34)24-10-5-15-38-24/h1-16,25-26H,17-18H2,(H,31,35)(H,32,34)/t25-,26-/m0/s1. The number of carbonyl (C=O) groups excluding carboxylic acids is 3. The molecule has 0 radical (unpaired) electrons. The molecular weight excluding hydrogens is 505 g/mol. The summed E-state index contributed by atoms with van der Waals surface area (Å²) < 4.78 is 19.2. The van der Waals surface area contributed by atoms with E-state index in [1.54, 1.807) is 48.5 Å². The zero-order valence-corrected chi connectivity index (χ0v) is 21.0. The van der Waals surface area contributed by atoms with Crippen molar-refractivity contribution in [2.75, 3.05) is 5.32 Å². The van der Waals surface area contributed by atoms with Crippen LogP contribution in [0.2, 0.25) is 0 Å². The van der Waals surface area contributed by atoms with Crippen LogP contribution in [0.25, 0.3) is 0 Å². The zero-order valence-electron chi connectivity index (χ0n) is 20.2. The fourth-order valence-electron chi connectivity index (χ4n) is 4.28. The Labute approximate surface area is 222 Å². The molecule has 0 unspecified atom stereocenters. The molecule has 5 rings (SSSR count). The molecule has 2 N–H and O–H groups in total. The van der Waals surface area contributed by atoms with Gasteiger partial charge in [0.2, 0.25) is 5.91 Å². The van der Waals surface area contributed by atoms with Gasteiger partial charge in [-0.3, -0.25) is 14.5 Å². The molecule has 1 aliphatic heterocycles. The van der Waals surface area contributed by atoms with Crippen molar-refractivity contribution in [1.29, 1.82) is 0 Å². The van der Waals surface area contributed by atoms with Crippen molar-refractivity contribution in [3.05, 3.63) is 124 Å². The molecule has 3 amide bonds. The molecule has 3 aromatic carbocycles. The molecule has 2 atom stereocenters. The topological polar surface area (TPSA) is 87.7 Å². The van der Waals surface area contributed by atoms with E-state index in [4.69, 9.17) is 4.74 Å². The van der Waals surface area contributed by atoms with Crippen molar-refractivity contribution in [3.8, 4) is 0 Å². The van der Waals surface area contributed by atoms with Crippen LogP contribution in [0, 0.1) is 5.82 Å². The van der Waals surface area contributed by atoms with Gasteiger partial charge in [-0.25, -0.2) is 9.18 Å². The summed E-state index contributed by atoms with van der Waals surface area (Å²) in [5, 5.41) is 7.58. The first-order valence-corrected chi connectivity index (χ1v) is 12.8. The molecule has 7 nitrogen and oxygen atoms in total. The first-order chi connectivity index (χ1) is 18.5. The van der Waals surface area contributed by atoms with Crippen LogP contribution in [0.15, 0.2) is 96.4 Å².